The van der Waals surface area contributed by atoms with Crippen molar-refractivity contribution in [1.29, 1.82) is 0 Å². The average Bonchev–Trinajstić information content (AvgIpc) is 2.14. The Hall–Kier alpha value is -1.63. The van der Waals surface area contributed by atoms with Gasteiger partial charge in [0.1, 0.15) is 0 Å². The second kappa shape index (κ2) is 4.93. The lowest BCUT2D eigenvalue weighted by Crippen LogP contribution is -2.12. The maximum atomic E-state index is 12.9. The van der Waals surface area contributed by atoms with Gasteiger partial charge in [-0.05, 0) is 11.6 Å². The minimum atomic E-state index is -2.93. The van der Waals surface area contributed by atoms with Gasteiger partial charge in [-0.3, -0.25) is 4.79 Å². The number of carboxylic acid groups (broad SMARTS) is 1. The van der Waals surface area contributed by atoms with E-state index < -0.39 is 36.0 Å². The molecular weight excluding hydrogens is 225 g/mol. The summed E-state index contributed by atoms with van der Waals surface area (Å²) < 4.78 is 38.2. The van der Waals surface area contributed by atoms with Gasteiger partial charge < -0.3 is 10.8 Å². The number of carbonyl (C=O) groups is 1. The van der Waals surface area contributed by atoms with Crippen molar-refractivity contribution >= 4 is 5.97 Å². The molecule has 0 aromatic carbocycles. The predicted molar refractivity (Wildman–Crippen MR) is 48.4 cm³/mol. The summed E-state index contributed by atoms with van der Waals surface area (Å²) in [6.07, 6.45) is -3.69. The number of nitrogens with zero attached hydrogens (tertiary/aromatic N) is 1. The number of aliphatic carboxylic acids is 1. The fraction of sp³-hybridized carbons (Fsp3) is 0.333. The molecule has 88 valence electrons. The molecule has 0 saturated carbocycles. The zero-order valence-electron chi connectivity index (χ0n) is 8.08. The van der Waals surface area contributed by atoms with E-state index >= 15 is 0 Å². The number of nitrogens with two attached hydrogens (primary N) is 1. The van der Waals surface area contributed by atoms with Crippen molar-refractivity contribution in [3.63, 3.8) is 0 Å². The lowest BCUT2D eigenvalue weighted by Gasteiger charge is -2.11. The van der Waals surface area contributed by atoms with Crippen molar-refractivity contribution < 1.29 is 23.1 Å². The third kappa shape index (κ3) is 2.69. The van der Waals surface area contributed by atoms with E-state index in [1.165, 1.54) is 0 Å². The van der Waals surface area contributed by atoms with Crippen LogP contribution in [-0.2, 0) is 17.8 Å². The normalized spacial score (nSPS) is 10.8. The van der Waals surface area contributed by atoms with Gasteiger partial charge in [0.2, 0.25) is 5.95 Å². The van der Waals surface area contributed by atoms with Gasteiger partial charge in [0.15, 0.2) is 0 Å². The molecule has 0 aliphatic rings. The molecule has 0 unspecified atom stereocenters. The Bertz CT molecular complexity index is 410. The molecule has 7 heteroatoms. The molecule has 1 heterocycles. The lowest BCUT2D eigenvalue weighted by molar-refractivity contribution is -0.136. The van der Waals surface area contributed by atoms with E-state index in [2.05, 4.69) is 4.98 Å². The van der Waals surface area contributed by atoms with Gasteiger partial charge in [-0.25, -0.2) is 13.8 Å². The molecule has 0 amide bonds. The highest BCUT2D eigenvalue weighted by molar-refractivity contribution is 5.70. The smallest absolute Gasteiger partial charge is 0.309 e. The standard InChI is InChI=1S/C9H9F3N2O2/c10-6-1-4(3-13)8(9(11)12)5(14-6)2-7(15)16/h1,9H,2-3,13H2,(H,15,16). The van der Waals surface area contributed by atoms with Crippen molar-refractivity contribution in [3.05, 3.63) is 28.8 Å². The summed E-state index contributed by atoms with van der Waals surface area (Å²) in [7, 11) is 0. The maximum Gasteiger partial charge on any atom is 0.309 e. The highest BCUT2D eigenvalue weighted by Gasteiger charge is 2.21. The predicted octanol–water partition coefficient (Wildman–Crippen LogP) is 1.24. The number of halogens is 3. The summed E-state index contributed by atoms with van der Waals surface area (Å²) in [5.74, 6) is -2.37. The minimum Gasteiger partial charge on any atom is -0.481 e. The van der Waals surface area contributed by atoms with Crippen LogP contribution in [0.5, 0.6) is 0 Å². The third-order valence-electron chi connectivity index (χ3n) is 1.95. The first-order valence-corrected chi connectivity index (χ1v) is 4.34. The number of rotatable bonds is 4. The van der Waals surface area contributed by atoms with E-state index in [1.807, 2.05) is 0 Å². The summed E-state index contributed by atoms with van der Waals surface area (Å²) in [4.78, 5) is 13.6. The van der Waals surface area contributed by atoms with Gasteiger partial charge in [0, 0.05) is 12.1 Å². The quantitative estimate of drug-likeness (QED) is 0.768. The number of carboxylic acids is 1. The number of hydrogen-bond acceptors (Lipinski definition) is 3. The Labute approximate surface area is 88.9 Å². The largest absolute Gasteiger partial charge is 0.481 e. The summed E-state index contributed by atoms with van der Waals surface area (Å²) in [6.45, 7) is -0.300. The highest BCUT2D eigenvalue weighted by Crippen LogP contribution is 2.26. The van der Waals surface area contributed by atoms with Crippen LogP contribution in [0.4, 0.5) is 13.2 Å². The molecule has 3 N–H and O–H groups in total. The van der Waals surface area contributed by atoms with Crippen molar-refractivity contribution in [2.45, 2.75) is 19.4 Å². The van der Waals surface area contributed by atoms with Crippen LogP contribution in [0.15, 0.2) is 6.07 Å². The molecule has 0 atom stereocenters. The lowest BCUT2D eigenvalue weighted by atomic mass is 10.0. The van der Waals surface area contributed by atoms with Crippen LogP contribution in [0.3, 0.4) is 0 Å². The Balaban J connectivity index is 3.32. The van der Waals surface area contributed by atoms with Gasteiger partial charge in [-0.15, -0.1) is 0 Å². The molecule has 0 spiro atoms. The molecule has 16 heavy (non-hydrogen) atoms. The average molecular weight is 234 g/mol. The first-order valence-electron chi connectivity index (χ1n) is 4.34. The molecular formula is C9H9F3N2O2. The Morgan fingerprint density at radius 3 is 2.62 bits per heavy atom. The molecule has 1 aromatic rings. The summed E-state index contributed by atoms with van der Waals surface area (Å²) >= 11 is 0. The summed E-state index contributed by atoms with van der Waals surface area (Å²) in [6, 6.07) is 0.785. The van der Waals surface area contributed by atoms with Gasteiger partial charge in [0.05, 0.1) is 12.1 Å². The van der Waals surface area contributed by atoms with E-state index in [-0.39, 0.29) is 12.1 Å². The number of pyridine rings is 1. The SMILES string of the molecule is NCc1cc(F)nc(CC(=O)O)c1C(F)F. The topological polar surface area (TPSA) is 76.2 Å². The molecule has 1 aromatic heterocycles. The molecule has 4 nitrogen and oxygen atoms in total. The molecule has 0 aliphatic carbocycles. The van der Waals surface area contributed by atoms with Crippen molar-refractivity contribution in [2.75, 3.05) is 0 Å². The highest BCUT2D eigenvalue weighted by atomic mass is 19.3. The van der Waals surface area contributed by atoms with Crippen LogP contribution in [0.2, 0.25) is 0 Å². The van der Waals surface area contributed by atoms with Crippen LogP contribution in [0.25, 0.3) is 0 Å². The summed E-state index contributed by atoms with van der Waals surface area (Å²) in [5, 5.41) is 8.49. The zero-order chi connectivity index (χ0) is 12.3. The van der Waals surface area contributed by atoms with Crippen LogP contribution in [-0.4, -0.2) is 16.1 Å². The fourth-order valence-corrected chi connectivity index (χ4v) is 1.34. The van der Waals surface area contributed by atoms with Gasteiger partial charge in [0.25, 0.3) is 6.43 Å². The molecule has 0 radical (unpaired) electrons. The Morgan fingerprint density at radius 1 is 1.56 bits per heavy atom. The number of hydrogen-bond donors (Lipinski definition) is 2. The Morgan fingerprint density at radius 2 is 2.19 bits per heavy atom. The van der Waals surface area contributed by atoms with Crippen molar-refractivity contribution in [3.8, 4) is 0 Å². The van der Waals surface area contributed by atoms with Gasteiger partial charge in [-0.2, -0.15) is 4.39 Å². The van der Waals surface area contributed by atoms with E-state index in [4.69, 9.17) is 10.8 Å². The maximum absolute atomic E-state index is 12.9. The first kappa shape index (κ1) is 12.4. The molecule has 0 fully saturated rings. The van der Waals surface area contributed by atoms with E-state index in [0.29, 0.717) is 0 Å². The monoisotopic (exact) mass is 234 g/mol. The third-order valence-corrected chi connectivity index (χ3v) is 1.95. The number of alkyl halides is 2. The van der Waals surface area contributed by atoms with Crippen molar-refractivity contribution in [1.82, 2.24) is 4.98 Å². The molecule has 0 saturated heterocycles. The fourth-order valence-electron chi connectivity index (χ4n) is 1.34. The second-order valence-corrected chi connectivity index (χ2v) is 3.04. The van der Waals surface area contributed by atoms with Crippen LogP contribution in [0.1, 0.15) is 23.2 Å². The minimum absolute atomic E-state index is 0.126. The second-order valence-electron chi connectivity index (χ2n) is 3.04. The van der Waals surface area contributed by atoms with E-state index in [1.54, 1.807) is 0 Å². The molecule has 1 rings (SSSR count). The number of aromatic nitrogens is 1. The van der Waals surface area contributed by atoms with E-state index in [9.17, 15) is 18.0 Å². The zero-order valence-corrected chi connectivity index (χ0v) is 8.08. The van der Waals surface area contributed by atoms with Gasteiger partial charge >= 0.3 is 5.97 Å². The first-order chi connectivity index (χ1) is 7.45. The molecule has 0 aliphatic heterocycles. The van der Waals surface area contributed by atoms with Gasteiger partial charge in [-0.1, -0.05) is 0 Å². The van der Waals surface area contributed by atoms with Crippen molar-refractivity contribution in [2.24, 2.45) is 5.73 Å². The Kier molecular flexibility index (Phi) is 3.83. The van der Waals surface area contributed by atoms with Crippen LogP contribution in [0, 0.1) is 5.95 Å². The van der Waals surface area contributed by atoms with Crippen LogP contribution < -0.4 is 5.73 Å². The van der Waals surface area contributed by atoms with Crippen LogP contribution >= 0.6 is 0 Å². The van der Waals surface area contributed by atoms with E-state index in [0.717, 1.165) is 6.07 Å². The summed E-state index contributed by atoms with van der Waals surface area (Å²) in [5.41, 5.74) is 3.98. The molecule has 0 bridgehead atoms.